The summed E-state index contributed by atoms with van der Waals surface area (Å²) in [7, 11) is -3.48. The van der Waals surface area contributed by atoms with Gasteiger partial charge in [-0.1, -0.05) is 30.4 Å². The molecule has 2 aromatic rings. The standard InChI is InChI=1S/C18H15O4P/c19-12-9-10-15(20)18(11-12)23(21)17-8-4-2-6-14(17)13-5-1-3-7-16(13)22-23/h1-3,5-7,9-11,19-20H,4,8H2. The van der Waals surface area contributed by atoms with E-state index in [1.165, 1.54) is 18.2 Å². The molecule has 0 fully saturated rings. The van der Waals surface area contributed by atoms with Crippen molar-refractivity contribution in [3.05, 3.63) is 65.5 Å². The van der Waals surface area contributed by atoms with E-state index < -0.39 is 7.37 Å². The van der Waals surface area contributed by atoms with Gasteiger partial charge in [0.2, 0.25) is 0 Å². The molecule has 1 aliphatic heterocycles. The first kappa shape index (κ1) is 14.2. The second kappa shape index (κ2) is 5.04. The van der Waals surface area contributed by atoms with Crippen LogP contribution in [0.5, 0.6) is 17.2 Å². The molecule has 1 heterocycles. The molecule has 5 heteroatoms. The summed E-state index contributed by atoms with van der Waals surface area (Å²) in [4.78, 5) is 0. The van der Waals surface area contributed by atoms with Crippen LogP contribution >= 0.6 is 7.37 Å². The lowest BCUT2D eigenvalue weighted by Crippen LogP contribution is -2.17. The highest BCUT2D eigenvalue weighted by Gasteiger charge is 2.41. The molecule has 4 nitrogen and oxygen atoms in total. The number of hydrogen-bond donors (Lipinski definition) is 2. The number of fused-ring (bicyclic) bond motifs is 2. The van der Waals surface area contributed by atoms with E-state index in [-0.39, 0.29) is 16.8 Å². The minimum absolute atomic E-state index is 0.0519. The van der Waals surface area contributed by atoms with Gasteiger partial charge in [0.25, 0.3) is 0 Å². The number of allylic oxidation sites excluding steroid dienone is 4. The molecule has 2 N–H and O–H groups in total. The minimum Gasteiger partial charge on any atom is -0.508 e. The second-order valence-electron chi connectivity index (χ2n) is 5.61. The number of rotatable bonds is 1. The van der Waals surface area contributed by atoms with Crippen molar-refractivity contribution in [3.63, 3.8) is 0 Å². The van der Waals surface area contributed by atoms with Gasteiger partial charge in [-0.2, -0.15) is 0 Å². The predicted molar refractivity (Wildman–Crippen MR) is 89.4 cm³/mol. The molecule has 1 unspecified atom stereocenters. The molecular formula is C18H15O4P. The van der Waals surface area contributed by atoms with E-state index in [4.69, 9.17) is 4.52 Å². The van der Waals surface area contributed by atoms with Crippen LogP contribution < -0.4 is 9.83 Å². The molecule has 0 spiro atoms. The summed E-state index contributed by atoms with van der Waals surface area (Å²) in [6, 6.07) is 11.5. The summed E-state index contributed by atoms with van der Waals surface area (Å²) in [5.41, 5.74) is 1.80. The number of aromatic hydroxyl groups is 2. The molecule has 0 radical (unpaired) electrons. The van der Waals surface area contributed by atoms with Crippen LogP contribution in [0.2, 0.25) is 0 Å². The minimum atomic E-state index is -3.48. The number of hydrogen-bond acceptors (Lipinski definition) is 4. The van der Waals surface area contributed by atoms with Gasteiger partial charge in [-0.05, 0) is 42.7 Å². The molecule has 2 aromatic carbocycles. The lowest BCUT2D eigenvalue weighted by atomic mass is 9.98. The molecule has 2 aliphatic rings. The second-order valence-corrected chi connectivity index (χ2v) is 7.92. The highest BCUT2D eigenvalue weighted by atomic mass is 31.2. The summed E-state index contributed by atoms with van der Waals surface area (Å²) < 4.78 is 19.7. The maximum absolute atomic E-state index is 13.8. The zero-order valence-corrected chi connectivity index (χ0v) is 13.2. The maximum Gasteiger partial charge on any atom is 0.307 e. The largest absolute Gasteiger partial charge is 0.508 e. The summed E-state index contributed by atoms with van der Waals surface area (Å²) in [5.74, 6) is 0.347. The van der Waals surface area contributed by atoms with Crippen LogP contribution in [-0.2, 0) is 4.57 Å². The van der Waals surface area contributed by atoms with Gasteiger partial charge in [0.15, 0.2) is 0 Å². The monoisotopic (exact) mass is 326 g/mol. The third kappa shape index (κ3) is 2.10. The number of phenolic OH excluding ortho intramolecular Hbond substituents is 2. The van der Waals surface area contributed by atoms with E-state index in [0.29, 0.717) is 17.5 Å². The van der Waals surface area contributed by atoms with E-state index in [9.17, 15) is 14.8 Å². The van der Waals surface area contributed by atoms with Gasteiger partial charge < -0.3 is 14.7 Å². The average Bonchev–Trinajstić information content (AvgIpc) is 2.57. The van der Waals surface area contributed by atoms with E-state index in [2.05, 4.69) is 0 Å². The SMILES string of the molecule is O=P1(c2cc(O)ccc2O)Oc2ccccc2C2=C1CCC=C2. The highest BCUT2D eigenvalue weighted by molar-refractivity contribution is 7.72. The van der Waals surface area contributed by atoms with Crippen molar-refractivity contribution >= 4 is 18.2 Å². The Hall–Kier alpha value is -2.45. The fourth-order valence-corrected chi connectivity index (χ4v) is 5.66. The normalized spacial score (nSPS) is 22.3. The van der Waals surface area contributed by atoms with E-state index in [1.807, 2.05) is 30.4 Å². The summed E-state index contributed by atoms with van der Waals surface area (Å²) in [6.45, 7) is 0. The fourth-order valence-electron chi connectivity index (χ4n) is 3.11. The van der Waals surface area contributed by atoms with Crippen LogP contribution in [0.3, 0.4) is 0 Å². The Kier molecular flexibility index (Phi) is 3.10. The van der Waals surface area contributed by atoms with Crippen LogP contribution in [0.25, 0.3) is 5.57 Å². The van der Waals surface area contributed by atoms with Crippen LogP contribution in [0.15, 0.2) is 59.9 Å². The number of phenols is 2. The smallest absolute Gasteiger partial charge is 0.307 e. The third-order valence-corrected chi connectivity index (χ3v) is 6.80. The lowest BCUT2D eigenvalue weighted by Gasteiger charge is -2.32. The molecule has 0 bridgehead atoms. The average molecular weight is 326 g/mol. The zero-order valence-electron chi connectivity index (χ0n) is 12.3. The van der Waals surface area contributed by atoms with Gasteiger partial charge in [-0.25, -0.2) is 0 Å². The first-order chi connectivity index (χ1) is 11.1. The Labute approximate surface area is 133 Å². The first-order valence-electron chi connectivity index (χ1n) is 7.41. The Bertz CT molecular complexity index is 911. The van der Waals surface area contributed by atoms with E-state index >= 15 is 0 Å². The van der Waals surface area contributed by atoms with E-state index in [1.54, 1.807) is 6.07 Å². The van der Waals surface area contributed by atoms with Crippen molar-refractivity contribution in [2.24, 2.45) is 0 Å². The quantitative estimate of drug-likeness (QED) is 0.610. The van der Waals surface area contributed by atoms with Crippen molar-refractivity contribution in [3.8, 4) is 17.2 Å². The van der Waals surface area contributed by atoms with Gasteiger partial charge in [-0.15, -0.1) is 0 Å². The van der Waals surface area contributed by atoms with Crippen molar-refractivity contribution in [1.82, 2.24) is 0 Å². The number of benzene rings is 2. The van der Waals surface area contributed by atoms with Crippen molar-refractivity contribution in [1.29, 1.82) is 0 Å². The molecule has 23 heavy (non-hydrogen) atoms. The zero-order chi connectivity index (χ0) is 16.0. The van der Waals surface area contributed by atoms with Crippen LogP contribution in [0, 0.1) is 0 Å². The molecule has 4 rings (SSSR count). The van der Waals surface area contributed by atoms with Crippen LogP contribution in [0.4, 0.5) is 0 Å². The lowest BCUT2D eigenvalue weighted by molar-refractivity contribution is 0.458. The first-order valence-corrected chi connectivity index (χ1v) is 9.04. The topological polar surface area (TPSA) is 66.8 Å². The molecule has 0 aromatic heterocycles. The maximum atomic E-state index is 13.8. The van der Waals surface area contributed by atoms with Gasteiger partial charge in [0.05, 0.1) is 5.30 Å². The summed E-state index contributed by atoms with van der Waals surface area (Å²) in [6.07, 6.45) is 5.39. The third-order valence-electron chi connectivity index (χ3n) is 4.18. The van der Waals surface area contributed by atoms with Crippen LogP contribution in [0.1, 0.15) is 18.4 Å². The highest BCUT2D eigenvalue weighted by Crippen LogP contribution is 2.64. The molecular weight excluding hydrogens is 311 g/mol. The van der Waals surface area contributed by atoms with Crippen LogP contribution in [-0.4, -0.2) is 10.2 Å². The molecule has 1 aliphatic carbocycles. The predicted octanol–water partition coefficient (Wildman–Crippen LogP) is 4.15. The van der Waals surface area contributed by atoms with Crippen molar-refractivity contribution < 1.29 is 19.3 Å². The Morgan fingerprint density at radius 3 is 2.78 bits per heavy atom. The molecule has 1 atom stereocenters. The van der Waals surface area contributed by atoms with Gasteiger partial charge >= 0.3 is 7.37 Å². The van der Waals surface area contributed by atoms with Gasteiger partial charge in [0.1, 0.15) is 17.2 Å². The Morgan fingerprint density at radius 1 is 1.09 bits per heavy atom. The molecule has 116 valence electrons. The molecule has 0 amide bonds. The van der Waals surface area contributed by atoms with Crippen molar-refractivity contribution in [2.45, 2.75) is 12.8 Å². The van der Waals surface area contributed by atoms with Gasteiger partial charge in [0, 0.05) is 10.9 Å². The van der Waals surface area contributed by atoms with Crippen molar-refractivity contribution in [2.75, 3.05) is 0 Å². The van der Waals surface area contributed by atoms with Gasteiger partial charge in [-0.3, -0.25) is 4.57 Å². The summed E-state index contributed by atoms with van der Waals surface area (Å²) >= 11 is 0. The summed E-state index contributed by atoms with van der Waals surface area (Å²) in [5, 5.41) is 20.8. The fraction of sp³-hybridized carbons (Fsp3) is 0.111. The van der Waals surface area contributed by atoms with E-state index in [0.717, 1.165) is 17.6 Å². The Morgan fingerprint density at radius 2 is 1.91 bits per heavy atom. The molecule has 0 saturated heterocycles. The molecule has 0 saturated carbocycles. The number of para-hydroxylation sites is 1. The Balaban J connectivity index is 2.01.